The second-order valence-corrected chi connectivity index (χ2v) is 3.99. The molecule has 0 saturated heterocycles. The van der Waals surface area contributed by atoms with Gasteiger partial charge in [-0.2, -0.15) is 5.10 Å². The number of nitrogens with two attached hydrogens (primary N) is 1. The molecule has 0 aliphatic rings. The summed E-state index contributed by atoms with van der Waals surface area (Å²) in [5, 5.41) is 3.95. The van der Waals surface area contributed by atoms with Gasteiger partial charge in [0.15, 0.2) is 0 Å². The van der Waals surface area contributed by atoms with Crippen molar-refractivity contribution in [2.75, 3.05) is 0 Å². The molecule has 0 fully saturated rings. The highest BCUT2D eigenvalue weighted by Gasteiger charge is 2.09. The normalized spacial score (nSPS) is 11.2. The van der Waals surface area contributed by atoms with Gasteiger partial charge in [-0.05, 0) is 12.0 Å². The minimum Gasteiger partial charge on any atom is -0.323 e. The van der Waals surface area contributed by atoms with E-state index in [0.29, 0.717) is 0 Å². The number of hydrogen-bond acceptors (Lipinski definition) is 2. The Kier molecular flexibility index (Phi) is 3.92. The lowest BCUT2D eigenvalue weighted by Gasteiger charge is -2.10. The van der Waals surface area contributed by atoms with Crippen LogP contribution in [0.2, 0.25) is 0 Å². The molecule has 0 aromatic heterocycles. The first-order chi connectivity index (χ1) is 8.86. The third kappa shape index (κ3) is 2.48. The third-order valence-electron chi connectivity index (χ3n) is 2.81. The van der Waals surface area contributed by atoms with Crippen LogP contribution in [0.1, 0.15) is 16.7 Å². The average molecular weight is 236 g/mol. The van der Waals surface area contributed by atoms with Crippen LogP contribution in [0.4, 0.5) is 0 Å². The summed E-state index contributed by atoms with van der Waals surface area (Å²) in [4.78, 5) is 0. The van der Waals surface area contributed by atoms with Gasteiger partial charge >= 0.3 is 0 Å². The first kappa shape index (κ1) is 12.1. The summed E-state index contributed by atoms with van der Waals surface area (Å²) in [6.07, 6.45) is 2.69. The fourth-order valence-corrected chi connectivity index (χ4v) is 1.98. The van der Waals surface area contributed by atoms with Crippen LogP contribution in [0.25, 0.3) is 0 Å². The molecule has 0 radical (unpaired) electrons. The van der Waals surface area contributed by atoms with E-state index in [2.05, 4.69) is 17.7 Å². The Bertz CT molecular complexity index is 556. The molecule has 2 rings (SSSR count). The zero-order valence-corrected chi connectivity index (χ0v) is 10.2. The summed E-state index contributed by atoms with van der Waals surface area (Å²) < 4.78 is 0. The van der Waals surface area contributed by atoms with Gasteiger partial charge in [0.1, 0.15) is 0 Å². The van der Waals surface area contributed by atoms with Crippen LogP contribution in [0, 0.1) is 0 Å². The predicted octanol–water partition coefficient (Wildman–Crippen LogP) is 3.13. The van der Waals surface area contributed by atoms with Gasteiger partial charge in [0, 0.05) is 11.1 Å². The molecule has 2 aromatic carbocycles. The summed E-state index contributed by atoms with van der Waals surface area (Å²) in [5.41, 5.74) is 4.08. The minimum atomic E-state index is 0.808. The molecular weight excluding hydrogens is 220 g/mol. The molecule has 0 bridgehead atoms. The fourth-order valence-electron chi connectivity index (χ4n) is 1.98. The van der Waals surface area contributed by atoms with Crippen LogP contribution in [-0.2, 0) is 6.42 Å². The summed E-state index contributed by atoms with van der Waals surface area (Å²) >= 11 is 0. The second-order valence-electron chi connectivity index (χ2n) is 3.99. The highest BCUT2D eigenvalue weighted by Crippen LogP contribution is 2.16. The monoisotopic (exact) mass is 236 g/mol. The van der Waals surface area contributed by atoms with E-state index in [4.69, 9.17) is 5.84 Å². The lowest BCUT2D eigenvalue weighted by molar-refractivity contribution is 1.21. The third-order valence-corrected chi connectivity index (χ3v) is 2.81. The lowest BCUT2D eigenvalue weighted by Crippen LogP contribution is -2.09. The fraction of sp³-hybridized carbons (Fsp3) is 0.0625. The topological polar surface area (TPSA) is 38.4 Å². The van der Waals surface area contributed by atoms with Crippen molar-refractivity contribution in [3.05, 3.63) is 83.9 Å². The average Bonchev–Trinajstić information content (AvgIpc) is 2.43. The molecule has 0 saturated carbocycles. The molecule has 2 nitrogen and oxygen atoms in total. The van der Waals surface area contributed by atoms with Gasteiger partial charge in [0.05, 0.1) is 5.71 Å². The zero-order valence-electron chi connectivity index (χ0n) is 10.2. The molecule has 0 amide bonds. The second kappa shape index (κ2) is 5.82. The van der Waals surface area contributed by atoms with Crippen LogP contribution in [-0.4, -0.2) is 5.71 Å². The number of allylic oxidation sites excluding steroid dienone is 1. The van der Waals surface area contributed by atoms with Gasteiger partial charge in [0.25, 0.3) is 0 Å². The van der Waals surface area contributed by atoms with Crippen molar-refractivity contribution in [3.8, 4) is 0 Å². The molecular formula is C16H16N2. The van der Waals surface area contributed by atoms with Crippen molar-refractivity contribution in [2.24, 2.45) is 10.9 Å². The van der Waals surface area contributed by atoms with Gasteiger partial charge in [0.2, 0.25) is 0 Å². The van der Waals surface area contributed by atoms with Gasteiger partial charge in [-0.15, -0.1) is 6.58 Å². The van der Waals surface area contributed by atoms with E-state index in [-0.39, 0.29) is 0 Å². The first-order valence-corrected chi connectivity index (χ1v) is 5.89. The Labute approximate surface area is 107 Å². The van der Waals surface area contributed by atoms with Gasteiger partial charge in [-0.3, -0.25) is 0 Å². The number of hydrazone groups is 1. The largest absolute Gasteiger partial charge is 0.323 e. The quantitative estimate of drug-likeness (QED) is 0.376. The van der Waals surface area contributed by atoms with Gasteiger partial charge in [-0.25, -0.2) is 0 Å². The highest BCUT2D eigenvalue weighted by molar-refractivity contribution is 6.13. The molecule has 0 spiro atoms. The van der Waals surface area contributed by atoms with Gasteiger partial charge in [-0.1, -0.05) is 60.7 Å². The summed E-state index contributed by atoms with van der Waals surface area (Å²) in [6.45, 7) is 3.78. The summed E-state index contributed by atoms with van der Waals surface area (Å²) in [5.74, 6) is 5.56. The van der Waals surface area contributed by atoms with Crippen LogP contribution >= 0.6 is 0 Å². The molecule has 0 unspecified atom stereocenters. The van der Waals surface area contributed by atoms with Crippen molar-refractivity contribution in [2.45, 2.75) is 6.42 Å². The SMILES string of the molecule is C=CCc1ccccc1C(=NN)c1ccccc1. The van der Waals surface area contributed by atoms with Crippen molar-refractivity contribution < 1.29 is 0 Å². The van der Waals surface area contributed by atoms with Crippen LogP contribution in [0.15, 0.2) is 72.4 Å². The minimum absolute atomic E-state index is 0.808. The smallest absolute Gasteiger partial charge is 0.0974 e. The van der Waals surface area contributed by atoms with E-state index in [9.17, 15) is 0 Å². The van der Waals surface area contributed by atoms with E-state index >= 15 is 0 Å². The Balaban J connectivity index is 2.49. The Morgan fingerprint density at radius 2 is 1.72 bits per heavy atom. The molecule has 90 valence electrons. The number of benzene rings is 2. The highest BCUT2D eigenvalue weighted by atomic mass is 15.1. The number of rotatable bonds is 4. The van der Waals surface area contributed by atoms with E-state index in [1.54, 1.807) is 0 Å². The molecule has 0 atom stereocenters. The molecule has 2 N–H and O–H groups in total. The first-order valence-electron chi connectivity index (χ1n) is 5.89. The number of nitrogens with zero attached hydrogens (tertiary/aromatic N) is 1. The van der Waals surface area contributed by atoms with Crippen molar-refractivity contribution >= 4 is 5.71 Å². The molecule has 2 heteroatoms. The van der Waals surface area contributed by atoms with Crippen molar-refractivity contribution in [1.82, 2.24) is 0 Å². The van der Waals surface area contributed by atoms with Crippen molar-refractivity contribution in [1.29, 1.82) is 0 Å². The standard InChI is InChI=1S/C16H16N2/c1-2-8-13-9-6-7-12-15(13)16(18-17)14-10-4-3-5-11-14/h2-7,9-12H,1,8,17H2. The summed E-state index contributed by atoms with van der Waals surface area (Å²) in [7, 11) is 0. The Hall–Kier alpha value is -2.35. The number of hydrogen-bond donors (Lipinski definition) is 1. The van der Waals surface area contributed by atoms with Crippen LogP contribution in [0.3, 0.4) is 0 Å². The lowest BCUT2D eigenvalue weighted by atomic mass is 9.96. The van der Waals surface area contributed by atoms with E-state index in [1.807, 2.05) is 54.6 Å². The van der Waals surface area contributed by atoms with Crippen LogP contribution < -0.4 is 5.84 Å². The summed E-state index contributed by atoms with van der Waals surface area (Å²) in [6, 6.07) is 18.1. The maximum atomic E-state index is 5.56. The van der Waals surface area contributed by atoms with Gasteiger partial charge < -0.3 is 5.84 Å². The van der Waals surface area contributed by atoms with Crippen LogP contribution in [0.5, 0.6) is 0 Å². The van der Waals surface area contributed by atoms with E-state index in [0.717, 1.165) is 23.3 Å². The maximum Gasteiger partial charge on any atom is 0.0974 e. The maximum absolute atomic E-state index is 5.56. The molecule has 2 aromatic rings. The Morgan fingerprint density at radius 3 is 2.39 bits per heavy atom. The van der Waals surface area contributed by atoms with E-state index in [1.165, 1.54) is 5.56 Å². The van der Waals surface area contributed by atoms with E-state index < -0.39 is 0 Å². The zero-order chi connectivity index (χ0) is 12.8. The molecule has 18 heavy (non-hydrogen) atoms. The molecule has 0 heterocycles. The molecule has 0 aliphatic carbocycles. The predicted molar refractivity (Wildman–Crippen MR) is 76.6 cm³/mol. The Morgan fingerprint density at radius 1 is 1.06 bits per heavy atom. The van der Waals surface area contributed by atoms with Crippen molar-refractivity contribution in [3.63, 3.8) is 0 Å². The molecule has 0 aliphatic heterocycles.